The van der Waals surface area contributed by atoms with Gasteiger partial charge in [0.1, 0.15) is 6.04 Å². The summed E-state index contributed by atoms with van der Waals surface area (Å²) >= 11 is 0. The standard InChI is InChI=1S/C12H18N2O4/c13-11(16)8-5-9(15)14(6-8)10(12(17)18)7-3-1-2-4-7/h7-8,10H,1-6H2,(H2,13,16)(H,17,18). The molecule has 6 nitrogen and oxygen atoms in total. The van der Waals surface area contributed by atoms with Gasteiger partial charge in [0.05, 0.1) is 5.92 Å². The molecule has 1 aliphatic heterocycles. The fraction of sp³-hybridized carbons (Fsp3) is 0.750. The van der Waals surface area contributed by atoms with Crippen LogP contribution in [0.4, 0.5) is 0 Å². The minimum Gasteiger partial charge on any atom is -0.480 e. The SMILES string of the molecule is NC(=O)C1CC(=O)N(C(C(=O)O)C2CCCC2)C1. The largest absolute Gasteiger partial charge is 0.480 e. The van der Waals surface area contributed by atoms with Gasteiger partial charge in [-0.05, 0) is 18.8 Å². The van der Waals surface area contributed by atoms with Gasteiger partial charge in [0, 0.05) is 13.0 Å². The summed E-state index contributed by atoms with van der Waals surface area (Å²) in [5.74, 6) is -2.29. The van der Waals surface area contributed by atoms with Crippen LogP contribution in [0.1, 0.15) is 32.1 Å². The number of likely N-dealkylation sites (tertiary alicyclic amines) is 1. The number of carbonyl (C=O) groups is 3. The van der Waals surface area contributed by atoms with Crippen LogP contribution in [0.15, 0.2) is 0 Å². The first kappa shape index (κ1) is 12.9. The van der Waals surface area contributed by atoms with E-state index in [2.05, 4.69) is 0 Å². The molecular weight excluding hydrogens is 236 g/mol. The summed E-state index contributed by atoms with van der Waals surface area (Å²) in [4.78, 5) is 35.7. The molecule has 1 heterocycles. The number of hydrogen-bond acceptors (Lipinski definition) is 3. The van der Waals surface area contributed by atoms with E-state index in [1.165, 1.54) is 4.90 Å². The molecule has 1 saturated heterocycles. The van der Waals surface area contributed by atoms with E-state index in [4.69, 9.17) is 5.73 Å². The summed E-state index contributed by atoms with van der Waals surface area (Å²) in [6.45, 7) is 0.154. The van der Waals surface area contributed by atoms with E-state index < -0.39 is 23.8 Å². The molecule has 2 unspecified atom stereocenters. The first-order valence-corrected chi connectivity index (χ1v) is 6.32. The van der Waals surface area contributed by atoms with E-state index in [0.717, 1.165) is 25.7 Å². The predicted molar refractivity (Wildman–Crippen MR) is 62.4 cm³/mol. The minimum atomic E-state index is -0.972. The number of carboxylic acids is 1. The van der Waals surface area contributed by atoms with Crippen molar-refractivity contribution in [2.24, 2.45) is 17.6 Å². The van der Waals surface area contributed by atoms with Gasteiger partial charge in [0.2, 0.25) is 11.8 Å². The normalized spacial score (nSPS) is 26.6. The van der Waals surface area contributed by atoms with Gasteiger partial charge in [-0.15, -0.1) is 0 Å². The first-order valence-electron chi connectivity index (χ1n) is 6.32. The van der Waals surface area contributed by atoms with E-state index in [0.29, 0.717) is 0 Å². The van der Waals surface area contributed by atoms with E-state index in [-0.39, 0.29) is 24.8 Å². The summed E-state index contributed by atoms with van der Waals surface area (Å²) in [7, 11) is 0. The molecule has 0 bridgehead atoms. The molecule has 0 aromatic carbocycles. The number of carboxylic acid groups (broad SMARTS) is 1. The van der Waals surface area contributed by atoms with Crippen molar-refractivity contribution in [2.45, 2.75) is 38.1 Å². The Bertz CT molecular complexity index is 376. The van der Waals surface area contributed by atoms with E-state index in [1.807, 2.05) is 0 Å². The maximum absolute atomic E-state index is 11.8. The third-order valence-corrected chi connectivity index (χ3v) is 4.00. The van der Waals surface area contributed by atoms with Gasteiger partial charge >= 0.3 is 5.97 Å². The lowest BCUT2D eigenvalue weighted by Gasteiger charge is -2.29. The van der Waals surface area contributed by atoms with Crippen LogP contribution in [0.2, 0.25) is 0 Å². The predicted octanol–water partition coefficient (Wildman–Crippen LogP) is -0.0364. The molecule has 2 aliphatic rings. The number of nitrogens with two attached hydrogens (primary N) is 1. The Morgan fingerprint density at radius 1 is 1.33 bits per heavy atom. The molecule has 0 spiro atoms. The quantitative estimate of drug-likeness (QED) is 0.735. The second kappa shape index (κ2) is 4.96. The Morgan fingerprint density at radius 2 is 1.94 bits per heavy atom. The zero-order valence-electron chi connectivity index (χ0n) is 10.2. The number of aliphatic carboxylic acids is 1. The third kappa shape index (κ3) is 2.32. The molecular formula is C12H18N2O4. The van der Waals surface area contributed by atoms with Gasteiger partial charge in [-0.25, -0.2) is 4.79 Å². The van der Waals surface area contributed by atoms with Gasteiger partial charge in [-0.3, -0.25) is 9.59 Å². The van der Waals surface area contributed by atoms with Crippen LogP contribution >= 0.6 is 0 Å². The van der Waals surface area contributed by atoms with Crippen molar-refractivity contribution in [2.75, 3.05) is 6.54 Å². The topological polar surface area (TPSA) is 101 Å². The number of nitrogens with zero attached hydrogens (tertiary/aromatic N) is 1. The second-order valence-corrected chi connectivity index (χ2v) is 5.18. The molecule has 1 aliphatic carbocycles. The molecule has 2 rings (SSSR count). The maximum Gasteiger partial charge on any atom is 0.326 e. The highest BCUT2D eigenvalue weighted by atomic mass is 16.4. The Balaban J connectivity index is 2.13. The van der Waals surface area contributed by atoms with Crippen LogP contribution < -0.4 is 5.73 Å². The zero-order chi connectivity index (χ0) is 13.3. The highest BCUT2D eigenvalue weighted by molar-refractivity contribution is 5.91. The van der Waals surface area contributed by atoms with Crippen molar-refractivity contribution >= 4 is 17.8 Å². The van der Waals surface area contributed by atoms with Crippen molar-refractivity contribution in [1.29, 1.82) is 0 Å². The van der Waals surface area contributed by atoms with Crippen LogP contribution in [0.3, 0.4) is 0 Å². The van der Waals surface area contributed by atoms with Gasteiger partial charge < -0.3 is 15.7 Å². The maximum atomic E-state index is 11.8. The molecule has 1 saturated carbocycles. The van der Waals surface area contributed by atoms with Crippen LogP contribution in [0, 0.1) is 11.8 Å². The fourth-order valence-electron chi connectivity index (χ4n) is 3.05. The summed E-state index contributed by atoms with van der Waals surface area (Å²) in [6.07, 6.45) is 3.74. The average molecular weight is 254 g/mol. The number of amides is 2. The van der Waals surface area contributed by atoms with Crippen LogP contribution in [0.5, 0.6) is 0 Å². The number of carbonyl (C=O) groups excluding carboxylic acids is 2. The molecule has 6 heteroatoms. The minimum absolute atomic E-state index is 0.0121. The molecule has 2 fully saturated rings. The summed E-state index contributed by atoms with van der Waals surface area (Å²) in [5, 5.41) is 9.33. The molecule has 2 atom stereocenters. The Kier molecular flexibility index (Phi) is 3.54. The highest BCUT2D eigenvalue weighted by Crippen LogP contribution is 2.33. The Morgan fingerprint density at radius 3 is 2.39 bits per heavy atom. The lowest BCUT2D eigenvalue weighted by molar-refractivity contribution is -0.150. The molecule has 0 aromatic heterocycles. The number of hydrogen-bond donors (Lipinski definition) is 2. The monoisotopic (exact) mass is 254 g/mol. The first-order chi connectivity index (χ1) is 8.50. The van der Waals surface area contributed by atoms with Crippen LogP contribution in [0.25, 0.3) is 0 Å². The number of primary amides is 1. The van der Waals surface area contributed by atoms with Crippen LogP contribution in [-0.4, -0.2) is 40.4 Å². The lowest BCUT2D eigenvalue weighted by Crippen LogP contribution is -2.46. The smallest absolute Gasteiger partial charge is 0.326 e. The summed E-state index contributed by atoms with van der Waals surface area (Å²) in [5.41, 5.74) is 5.19. The molecule has 100 valence electrons. The average Bonchev–Trinajstić information content (AvgIpc) is 2.89. The van der Waals surface area contributed by atoms with Gasteiger partial charge in [-0.1, -0.05) is 12.8 Å². The van der Waals surface area contributed by atoms with Crippen molar-refractivity contribution in [3.8, 4) is 0 Å². The molecule has 0 radical (unpaired) electrons. The molecule has 2 amide bonds. The van der Waals surface area contributed by atoms with Crippen molar-refractivity contribution in [3.63, 3.8) is 0 Å². The van der Waals surface area contributed by atoms with Gasteiger partial charge in [-0.2, -0.15) is 0 Å². The molecule has 18 heavy (non-hydrogen) atoms. The zero-order valence-corrected chi connectivity index (χ0v) is 10.2. The third-order valence-electron chi connectivity index (χ3n) is 4.00. The summed E-state index contributed by atoms with van der Waals surface area (Å²) in [6, 6.07) is -0.788. The molecule has 0 aromatic rings. The van der Waals surface area contributed by atoms with E-state index in [1.54, 1.807) is 0 Å². The van der Waals surface area contributed by atoms with E-state index >= 15 is 0 Å². The lowest BCUT2D eigenvalue weighted by atomic mass is 9.97. The van der Waals surface area contributed by atoms with Crippen molar-refractivity contribution in [1.82, 2.24) is 4.90 Å². The highest BCUT2D eigenvalue weighted by Gasteiger charge is 2.43. The fourth-order valence-corrected chi connectivity index (χ4v) is 3.05. The summed E-state index contributed by atoms with van der Waals surface area (Å²) < 4.78 is 0. The van der Waals surface area contributed by atoms with E-state index in [9.17, 15) is 19.5 Å². The number of rotatable bonds is 4. The Labute approximate surface area is 105 Å². The molecule has 3 N–H and O–H groups in total. The van der Waals surface area contributed by atoms with Gasteiger partial charge in [0.25, 0.3) is 0 Å². The van der Waals surface area contributed by atoms with Gasteiger partial charge in [0.15, 0.2) is 0 Å². The van der Waals surface area contributed by atoms with Crippen molar-refractivity contribution in [3.05, 3.63) is 0 Å². The second-order valence-electron chi connectivity index (χ2n) is 5.18. The van der Waals surface area contributed by atoms with Crippen LogP contribution in [-0.2, 0) is 14.4 Å². The Hall–Kier alpha value is -1.59. The van der Waals surface area contributed by atoms with Crippen molar-refractivity contribution < 1.29 is 19.5 Å².